The van der Waals surface area contributed by atoms with Crippen molar-refractivity contribution in [2.75, 3.05) is 35.0 Å². The summed E-state index contributed by atoms with van der Waals surface area (Å²) in [5, 5.41) is 5.50. The largest absolute Gasteiger partial charge is 0.493 e. The quantitative estimate of drug-likeness (QED) is 0.132. The average Bonchev–Trinajstić information content (AvgIpc) is 3.78. The lowest BCUT2D eigenvalue weighted by Gasteiger charge is -2.22. The van der Waals surface area contributed by atoms with Crippen molar-refractivity contribution in [3.63, 3.8) is 0 Å². The second-order valence-electron chi connectivity index (χ2n) is 11.9. The Kier molecular flexibility index (Phi) is 10.5. The SMILES string of the molecule is COc1ccc(C2CC(c3cc(OC)c(OC)c(OC)c3)=NO2)cc1OC(C)CC(C)OCC1=CC=C(c2nc3ccccc3s2)CC1. The van der Waals surface area contributed by atoms with Crippen LogP contribution in [0.2, 0.25) is 0 Å². The predicted octanol–water partition coefficient (Wildman–Crippen LogP) is 8.56. The zero-order valence-electron chi connectivity index (χ0n) is 28.3. The first-order valence-electron chi connectivity index (χ1n) is 16.1. The number of fused-ring (bicyclic) bond motifs is 1. The molecular weight excluding hydrogens is 628 g/mol. The highest BCUT2D eigenvalue weighted by Crippen LogP contribution is 2.41. The molecule has 9 nitrogen and oxygen atoms in total. The molecule has 1 aliphatic heterocycles. The molecule has 0 amide bonds. The van der Waals surface area contributed by atoms with Crippen LogP contribution in [0.15, 0.2) is 77.5 Å². The zero-order valence-corrected chi connectivity index (χ0v) is 29.1. The summed E-state index contributed by atoms with van der Waals surface area (Å²) in [6.07, 6.45) is 7.25. The van der Waals surface area contributed by atoms with E-state index in [0.29, 0.717) is 41.8 Å². The van der Waals surface area contributed by atoms with Crippen LogP contribution in [0.1, 0.15) is 61.8 Å². The average molecular weight is 671 g/mol. The van der Waals surface area contributed by atoms with Gasteiger partial charge in [0.05, 0.1) is 63.2 Å². The van der Waals surface area contributed by atoms with Crippen LogP contribution in [0.3, 0.4) is 0 Å². The number of rotatable bonds is 14. The third-order valence-electron chi connectivity index (χ3n) is 8.58. The van der Waals surface area contributed by atoms with Crippen LogP contribution in [-0.2, 0) is 9.57 Å². The number of hydrogen-bond acceptors (Lipinski definition) is 10. The van der Waals surface area contributed by atoms with Crippen LogP contribution in [0.25, 0.3) is 15.8 Å². The number of benzene rings is 3. The van der Waals surface area contributed by atoms with Crippen LogP contribution < -0.4 is 23.7 Å². The molecule has 2 aliphatic rings. The van der Waals surface area contributed by atoms with E-state index >= 15 is 0 Å². The van der Waals surface area contributed by atoms with Crippen LogP contribution in [0.5, 0.6) is 28.7 Å². The minimum absolute atomic E-state index is 0.0114. The molecule has 2 heterocycles. The van der Waals surface area contributed by atoms with Gasteiger partial charge in [0.2, 0.25) is 5.75 Å². The molecular formula is C38H42N2O7S. The standard InChI is InChI=1S/C38H42N2O7S/c1-23(45-22-25-11-13-26(14-12-25)38-39-29-9-7-8-10-36(29)48-38)17-24(2)46-33-18-27(15-16-31(33)41-3)32-21-30(40-47-32)28-19-34(42-4)37(44-6)35(20-28)43-5/h7-11,13,15-16,18-20,23-24,32H,12,14,17,21-22H2,1-6H3. The van der Waals surface area contributed by atoms with Gasteiger partial charge in [-0.15, -0.1) is 11.3 Å². The molecule has 0 saturated carbocycles. The van der Waals surface area contributed by atoms with E-state index in [1.54, 1.807) is 39.8 Å². The van der Waals surface area contributed by atoms with Crippen molar-refractivity contribution < 1.29 is 33.3 Å². The molecule has 1 aromatic heterocycles. The first-order chi connectivity index (χ1) is 23.4. The maximum absolute atomic E-state index is 6.41. The summed E-state index contributed by atoms with van der Waals surface area (Å²) in [5.74, 6) is 2.97. The highest BCUT2D eigenvalue weighted by molar-refractivity contribution is 7.19. The van der Waals surface area contributed by atoms with E-state index in [2.05, 4.69) is 49.4 Å². The van der Waals surface area contributed by atoms with Crippen molar-refractivity contribution in [2.24, 2.45) is 5.16 Å². The molecule has 3 atom stereocenters. The molecule has 0 N–H and O–H groups in total. The Labute approximate surface area is 285 Å². The van der Waals surface area contributed by atoms with E-state index in [1.807, 2.05) is 36.4 Å². The summed E-state index contributed by atoms with van der Waals surface area (Å²) in [5.41, 5.74) is 6.21. The summed E-state index contributed by atoms with van der Waals surface area (Å²) in [7, 11) is 6.41. The van der Waals surface area contributed by atoms with Crippen LogP contribution in [0.4, 0.5) is 0 Å². The second-order valence-corrected chi connectivity index (χ2v) is 13.0. The molecule has 48 heavy (non-hydrogen) atoms. The summed E-state index contributed by atoms with van der Waals surface area (Å²) in [4.78, 5) is 10.7. The molecule has 1 aliphatic carbocycles. The number of para-hydroxylation sites is 1. The number of oxime groups is 1. The van der Waals surface area contributed by atoms with Crippen molar-refractivity contribution in [1.29, 1.82) is 0 Å². The number of hydrogen-bond donors (Lipinski definition) is 0. The molecule has 0 saturated heterocycles. The van der Waals surface area contributed by atoms with Crippen LogP contribution in [0, 0.1) is 0 Å². The van der Waals surface area contributed by atoms with Crippen molar-refractivity contribution in [1.82, 2.24) is 4.98 Å². The first-order valence-corrected chi connectivity index (χ1v) is 16.9. The topological polar surface area (TPSA) is 89.9 Å². The summed E-state index contributed by atoms with van der Waals surface area (Å²) >= 11 is 1.76. The zero-order chi connectivity index (χ0) is 33.6. The summed E-state index contributed by atoms with van der Waals surface area (Å²) < 4.78 is 36.0. The van der Waals surface area contributed by atoms with Gasteiger partial charge in [0.1, 0.15) is 5.01 Å². The van der Waals surface area contributed by atoms with E-state index < -0.39 is 0 Å². The van der Waals surface area contributed by atoms with Gasteiger partial charge in [-0.3, -0.25) is 0 Å². The third kappa shape index (κ3) is 7.45. The lowest BCUT2D eigenvalue weighted by molar-refractivity contribution is 0.0458. The predicted molar refractivity (Wildman–Crippen MR) is 189 cm³/mol. The van der Waals surface area contributed by atoms with Gasteiger partial charge in [-0.2, -0.15) is 0 Å². The lowest BCUT2D eigenvalue weighted by Crippen LogP contribution is -2.22. The Bertz CT molecular complexity index is 1790. The van der Waals surface area contributed by atoms with E-state index in [1.165, 1.54) is 15.8 Å². The Hall–Kier alpha value is -4.54. The van der Waals surface area contributed by atoms with E-state index in [9.17, 15) is 0 Å². The Morgan fingerprint density at radius 1 is 0.833 bits per heavy atom. The summed E-state index contributed by atoms with van der Waals surface area (Å²) in [6, 6.07) is 17.9. The molecule has 6 rings (SSSR count). The van der Waals surface area contributed by atoms with Gasteiger partial charge in [0.25, 0.3) is 0 Å². The fourth-order valence-corrected chi connectivity index (χ4v) is 7.02. The van der Waals surface area contributed by atoms with Gasteiger partial charge >= 0.3 is 0 Å². The van der Waals surface area contributed by atoms with E-state index in [0.717, 1.165) is 46.6 Å². The Morgan fingerprint density at radius 2 is 1.60 bits per heavy atom. The maximum Gasteiger partial charge on any atom is 0.203 e. The lowest BCUT2D eigenvalue weighted by atomic mass is 9.99. The summed E-state index contributed by atoms with van der Waals surface area (Å²) in [6.45, 7) is 4.74. The number of methoxy groups -OCH3 is 4. The maximum atomic E-state index is 6.41. The number of ether oxygens (including phenoxy) is 6. The molecule has 0 bridgehead atoms. The molecule has 0 fully saturated rings. The van der Waals surface area contributed by atoms with Crippen LogP contribution >= 0.6 is 11.3 Å². The van der Waals surface area contributed by atoms with Gasteiger partial charge in [-0.25, -0.2) is 4.98 Å². The number of nitrogens with zero attached hydrogens (tertiary/aromatic N) is 2. The van der Waals surface area contributed by atoms with Crippen molar-refractivity contribution in [3.8, 4) is 28.7 Å². The fraction of sp³-hybridized carbons (Fsp3) is 0.368. The second kappa shape index (κ2) is 15.1. The molecule has 3 aromatic carbocycles. The smallest absolute Gasteiger partial charge is 0.203 e. The molecule has 0 spiro atoms. The van der Waals surface area contributed by atoms with E-state index in [4.69, 9.17) is 38.2 Å². The minimum atomic E-state index is -0.280. The van der Waals surface area contributed by atoms with Gasteiger partial charge < -0.3 is 33.3 Å². The highest BCUT2D eigenvalue weighted by Gasteiger charge is 2.27. The highest BCUT2D eigenvalue weighted by atomic mass is 32.1. The van der Waals surface area contributed by atoms with E-state index in [-0.39, 0.29) is 18.3 Å². The number of thiazole rings is 1. The normalized spacial score (nSPS) is 17.1. The first kappa shape index (κ1) is 33.4. The van der Waals surface area contributed by atoms with Gasteiger partial charge in [-0.1, -0.05) is 35.5 Å². The van der Waals surface area contributed by atoms with Crippen molar-refractivity contribution >= 4 is 32.8 Å². The molecule has 10 heteroatoms. The molecule has 252 valence electrons. The minimum Gasteiger partial charge on any atom is -0.493 e. The van der Waals surface area contributed by atoms with Crippen LogP contribution in [-0.4, -0.2) is 57.9 Å². The van der Waals surface area contributed by atoms with Gasteiger partial charge in [-0.05, 0) is 79.8 Å². The Balaban J connectivity index is 1.04. The van der Waals surface area contributed by atoms with Gasteiger partial charge in [0, 0.05) is 18.4 Å². The fourth-order valence-electron chi connectivity index (χ4n) is 6.00. The molecule has 4 aromatic rings. The molecule has 3 unspecified atom stereocenters. The Morgan fingerprint density at radius 3 is 2.29 bits per heavy atom. The molecule has 0 radical (unpaired) electrons. The number of aromatic nitrogens is 1. The monoisotopic (exact) mass is 670 g/mol. The third-order valence-corrected chi connectivity index (χ3v) is 9.69. The van der Waals surface area contributed by atoms with Crippen molar-refractivity contribution in [2.45, 2.75) is 57.8 Å². The number of allylic oxidation sites excluding steroid dienone is 3. The van der Waals surface area contributed by atoms with Gasteiger partial charge in [0.15, 0.2) is 29.1 Å². The van der Waals surface area contributed by atoms with Crippen molar-refractivity contribution in [3.05, 3.63) is 88.5 Å².